The van der Waals surface area contributed by atoms with Gasteiger partial charge in [0.1, 0.15) is 5.75 Å². The Morgan fingerprint density at radius 3 is 2.26 bits per heavy atom. The number of hydrazone groups is 1. The summed E-state index contributed by atoms with van der Waals surface area (Å²) in [4.78, 5) is 12.3. The summed E-state index contributed by atoms with van der Waals surface area (Å²) in [7, 11) is 0. The molecule has 0 bridgehead atoms. The third-order valence-electron chi connectivity index (χ3n) is 4.45. The predicted molar refractivity (Wildman–Crippen MR) is 95.4 cm³/mol. The van der Waals surface area contributed by atoms with E-state index in [0.29, 0.717) is 5.75 Å². The second kappa shape index (κ2) is 7.14. The number of nitrogens with zero attached hydrogens (tertiary/aromatic N) is 2. The molecule has 27 heavy (non-hydrogen) atoms. The van der Waals surface area contributed by atoms with E-state index in [-0.39, 0.29) is 22.1 Å². The Balaban J connectivity index is 2.13. The van der Waals surface area contributed by atoms with Crippen molar-refractivity contribution in [3.8, 4) is 5.75 Å². The monoisotopic (exact) mass is 386 g/mol. The van der Waals surface area contributed by atoms with Crippen LogP contribution in [-0.2, 0) is 10.2 Å². The van der Waals surface area contributed by atoms with Gasteiger partial charge in [-0.25, -0.2) is 0 Å². The van der Waals surface area contributed by atoms with Crippen LogP contribution in [0.15, 0.2) is 29.4 Å². The van der Waals surface area contributed by atoms with Crippen LogP contribution in [0.25, 0.3) is 0 Å². The predicted octanol–water partition coefficient (Wildman–Crippen LogP) is 3.86. The lowest BCUT2D eigenvalue weighted by molar-refractivity contribution is -0.302. The van der Waals surface area contributed by atoms with Crippen LogP contribution in [0.2, 0.25) is 0 Å². The molecule has 1 aliphatic rings. The molecule has 1 amide bonds. The molecule has 0 aromatic heterocycles. The van der Waals surface area contributed by atoms with Crippen molar-refractivity contribution >= 4 is 11.6 Å². The highest BCUT2D eigenvalue weighted by Gasteiger charge is 2.63. The molecule has 0 spiro atoms. The maximum Gasteiger partial charge on any atom is 0.438 e. The van der Waals surface area contributed by atoms with Gasteiger partial charge in [-0.3, -0.25) is 4.79 Å². The van der Waals surface area contributed by atoms with Gasteiger partial charge in [0.05, 0.1) is 0 Å². The molecule has 0 fully saturated rings. The number of ether oxygens (including phenoxy) is 1. The summed E-state index contributed by atoms with van der Waals surface area (Å²) >= 11 is 0. The van der Waals surface area contributed by atoms with Crippen molar-refractivity contribution in [2.24, 2.45) is 11.0 Å². The molecule has 0 aliphatic carbocycles. The van der Waals surface area contributed by atoms with Crippen LogP contribution in [0.5, 0.6) is 5.75 Å². The first kappa shape index (κ1) is 21.2. The molecule has 1 heterocycles. The maximum absolute atomic E-state index is 13.4. The zero-order valence-electron chi connectivity index (χ0n) is 16.1. The highest BCUT2D eigenvalue weighted by atomic mass is 19.4. The van der Waals surface area contributed by atoms with Gasteiger partial charge in [0.2, 0.25) is 0 Å². The first-order chi connectivity index (χ1) is 12.3. The average Bonchev–Trinajstić information content (AvgIpc) is 2.91. The van der Waals surface area contributed by atoms with Crippen LogP contribution in [0.4, 0.5) is 13.2 Å². The number of rotatable bonds is 4. The summed E-state index contributed by atoms with van der Waals surface area (Å²) in [6.45, 7) is 8.77. The Morgan fingerprint density at radius 2 is 1.81 bits per heavy atom. The number of carbonyl (C=O) groups is 1. The largest absolute Gasteiger partial charge is 0.484 e. The smallest absolute Gasteiger partial charge is 0.438 e. The molecule has 1 atom stereocenters. The number of carbonyl (C=O) groups excluding carboxylic acids is 1. The van der Waals surface area contributed by atoms with E-state index in [0.717, 1.165) is 5.56 Å². The van der Waals surface area contributed by atoms with E-state index in [1.165, 1.54) is 0 Å². The third-order valence-corrected chi connectivity index (χ3v) is 4.45. The summed E-state index contributed by atoms with van der Waals surface area (Å²) in [6, 6.07) is 6.96. The maximum atomic E-state index is 13.4. The molecule has 0 saturated carbocycles. The molecule has 0 unspecified atom stereocenters. The summed E-state index contributed by atoms with van der Waals surface area (Å²) < 4.78 is 45.4. The molecule has 0 saturated heterocycles. The Labute approximate surface area is 156 Å². The van der Waals surface area contributed by atoms with Gasteiger partial charge in [-0.15, -0.1) is 0 Å². The van der Waals surface area contributed by atoms with E-state index in [1.807, 2.05) is 32.9 Å². The van der Waals surface area contributed by atoms with Gasteiger partial charge in [0.25, 0.3) is 11.6 Å². The second-order valence-corrected chi connectivity index (χ2v) is 8.01. The van der Waals surface area contributed by atoms with Gasteiger partial charge in [-0.2, -0.15) is 23.3 Å². The van der Waals surface area contributed by atoms with Gasteiger partial charge in [0, 0.05) is 12.1 Å². The van der Waals surface area contributed by atoms with E-state index in [1.54, 1.807) is 26.0 Å². The summed E-state index contributed by atoms with van der Waals surface area (Å²) in [5, 5.41) is 13.9. The fraction of sp³-hybridized carbons (Fsp3) is 0.579. The van der Waals surface area contributed by atoms with Crippen LogP contribution >= 0.6 is 0 Å². The number of halogens is 3. The minimum Gasteiger partial charge on any atom is -0.484 e. The van der Waals surface area contributed by atoms with Crippen LogP contribution in [0.1, 0.15) is 46.6 Å². The van der Waals surface area contributed by atoms with E-state index < -0.39 is 30.8 Å². The van der Waals surface area contributed by atoms with Crippen molar-refractivity contribution in [3.05, 3.63) is 29.8 Å². The first-order valence-electron chi connectivity index (χ1n) is 8.68. The van der Waals surface area contributed by atoms with E-state index in [9.17, 15) is 23.1 Å². The van der Waals surface area contributed by atoms with Crippen molar-refractivity contribution in [3.63, 3.8) is 0 Å². The van der Waals surface area contributed by atoms with Crippen LogP contribution in [-0.4, -0.2) is 40.2 Å². The number of hydrogen-bond donors (Lipinski definition) is 1. The molecule has 5 nitrogen and oxygen atoms in total. The van der Waals surface area contributed by atoms with Gasteiger partial charge in [-0.1, -0.05) is 46.8 Å². The first-order valence-corrected chi connectivity index (χ1v) is 8.68. The van der Waals surface area contributed by atoms with Crippen LogP contribution in [0.3, 0.4) is 0 Å². The Kier molecular flexibility index (Phi) is 5.61. The molecule has 2 rings (SSSR count). The van der Waals surface area contributed by atoms with Gasteiger partial charge in [0.15, 0.2) is 6.61 Å². The average molecular weight is 386 g/mol. The number of aliphatic hydroxyl groups is 1. The minimum atomic E-state index is -5.03. The van der Waals surface area contributed by atoms with Crippen molar-refractivity contribution in [1.29, 1.82) is 0 Å². The number of hydrogen-bond acceptors (Lipinski definition) is 4. The summed E-state index contributed by atoms with van der Waals surface area (Å²) in [5.41, 5.74) is -2.24. The summed E-state index contributed by atoms with van der Waals surface area (Å²) in [5.74, 6) is -1.05. The second-order valence-electron chi connectivity index (χ2n) is 8.01. The van der Waals surface area contributed by atoms with Gasteiger partial charge >= 0.3 is 6.18 Å². The lowest BCUT2D eigenvalue weighted by Crippen LogP contribution is -2.57. The normalized spacial score (nSPS) is 20.8. The zero-order chi connectivity index (χ0) is 20.6. The zero-order valence-corrected chi connectivity index (χ0v) is 16.1. The Bertz CT molecular complexity index is 721. The molecule has 1 aliphatic heterocycles. The van der Waals surface area contributed by atoms with E-state index in [4.69, 9.17) is 4.74 Å². The molecule has 1 aromatic rings. The lowest BCUT2D eigenvalue weighted by atomic mass is 9.87. The Hall–Kier alpha value is -2.09. The molecular formula is C19H25F3N2O3. The molecule has 1 aromatic carbocycles. The summed E-state index contributed by atoms with van der Waals surface area (Å²) in [6.07, 6.45) is -5.79. The topological polar surface area (TPSA) is 62.1 Å². The lowest BCUT2D eigenvalue weighted by Gasteiger charge is -2.32. The number of benzene rings is 1. The quantitative estimate of drug-likeness (QED) is 0.855. The Morgan fingerprint density at radius 1 is 1.26 bits per heavy atom. The highest BCUT2D eigenvalue weighted by molar-refractivity contribution is 5.92. The fourth-order valence-electron chi connectivity index (χ4n) is 2.63. The van der Waals surface area contributed by atoms with E-state index in [2.05, 4.69) is 5.10 Å². The highest BCUT2D eigenvalue weighted by Crippen LogP contribution is 2.41. The molecule has 0 radical (unpaired) electrons. The standard InChI is InChI=1S/C19H25F3N2O3/c1-12(2)15-10-18(26,19(20,21)22)24(23-15)16(25)11-27-14-8-6-13(7-9-14)17(3,4)5/h6-9,12,26H,10-11H2,1-5H3/t18-/m0/s1. The molecule has 1 N–H and O–H groups in total. The SMILES string of the molecule is CC(C)C1=NN(C(=O)COc2ccc(C(C)(C)C)cc2)[C@@](O)(C(F)(F)F)C1. The van der Waals surface area contributed by atoms with Crippen molar-refractivity contribution in [2.45, 2.75) is 58.4 Å². The molecular weight excluding hydrogens is 361 g/mol. The third kappa shape index (κ3) is 4.43. The fourth-order valence-corrected chi connectivity index (χ4v) is 2.63. The van der Waals surface area contributed by atoms with Gasteiger partial charge < -0.3 is 9.84 Å². The number of amides is 1. The van der Waals surface area contributed by atoms with Crippen molar-refractivity contribution in [1.82, 2.24) is 5.01 Å². The van der Waals surface area contributed by atoms with Crippen LogP contribution < -0.4 is 4.74 Å². The van der Waals surface area contributed by atoms with E-state index >= 15 is 0 Å². The van der Waals surface area contributed by atoms with Gasteiger partial charge in [-0.05, 0) is 29.0 Å². The van der Waals surface area contributed by atoms with Crippen molar-refractivity contribution in [2.75, 3.05) is 6.61 Å². The van der Waals surface area contributed by atoms with Crippen molar-refractivity contribution < 1.29 is 27.8 Å². The molecule has 8 heteroatoms. The van der Waals surface area contributed by atoms with Crippen LogP contribution in [0, 0.1) is 5.92 Å². The minimum absolute atomic E-state index is 0.0605. The number of alkyl halides is 3. The molecule has 150 valence electrons.